The second-order valence-corrected chi connectivity index (χ2v) is 3.79. The second-order valence-electron chi connectivity index (χ2n) is 3.79. The lowest BCUT2D eigenvalue weighted by Crippen LogP contribution is -2.12. The molecule has 0 spiro atoms. The van der Waals surface area contributed by atoms with E-state index in [4.69, 9.17) is 5.11 Å². The van der Waals surface area contributed by atoms with Gasteiger partial charge in [-0.15, -0.1) is 0 Å². The van der Waals surface area contributed by atoms with E-state index >= 15 is 0 Å². The van der Waals surface area contributed by atoms with Crippen molar-refractivity contribution in [1.29, 1.82) is 0 Å². The first kappa shape index (κ1) is 10.7. The number of aromatic amines is 1. The lowest BCUT2D eigenvalue weighted by atomic mass is 10.2. The fourth-order valence-corrected chi connectivity index (χ4v) is 1.51. The number of aromatic nitrogens is 2. The lowest BCUT2D eigenvalue weighted by molar-refractivity contribution is 0.475. The van der Waals surface area contributed by atoms with E-state index in [1.54, 1.807) is 12.1 Å². The summed E-state index contributed by atoms with van der Waals surface area (Å²) in [5, 5.41) is 19.3. The molecular weight excluding hydrogens is 202 g/mol. The van der Waals surface area contributed by atoms with Crippen molar-refractivity contribution in [2.24, 2.45) is 0 Å². The quantitative estimate of drug-likeness (QED) is 0.730. The molecule has 4 heteroatoms. The maximum atomic E-state index is 9.14. The van der Waals surface area contributed by atoms with E-state index in [0.29, 0.717) is 5.75 Å². The minimum atomic E-state index is 0.300. The Labute approximate surface area is 94.3 Å². The van der Waals surface area contributed by atoms with E-state index < -0.39 is 0 Å². The fourth-order valence-electron chi connectivity index (χ4n) is 1.51. The highest BCUT2D eigenvalue weighted by Gasteiger charge is 1.99. The Balaban J connectivity index is 1.84. The minimum absolute atomic E-state index is 0.300. The first-order chi connectivity index (χ1) is 7.75. The number of phenolic OH excluding ortho intramolecular Hbond substituents is 1. The molecule has 1 aromatic heterocycles. The van der Waals surface area contributed by atoms with Gasteiger partial charge in [0.15, 0.2) is 0 Å². The molecule has 2 rings (SSSR count). The SMILES string of the molecule is Cc1[nH]ncc1CNCc1ccc(O)cc1. The Bertz CT molecular complexity index is 448. The molecular formula is C12H15N3O. The summed E-state index contributed by atoms with van der Waals surface area (Å²) in [5.74, 6) is 0.300. The number of nitrogens with zero attached hydrogens (tertiary/aromatic N) is 1. The summed E-state index contributed by atoms with van der Waals surface area (Å²) in [6.07, 6.45) is 1.83. The maximum absolute atomic E-state index is 9.14. The van der Waals surface area contributed by atoms with E-state index in [-0.39, 0.29) is 0 Å². The van der Waals surface area contributed by atoms with Crippen molar-refractivity contribution in [2.75, 3.05) is 0 Å². The summed E-state index contributed by atoms with van der Waals surface area (Å²) in [4.78, 5) is 0. The summed E-state index contributed by atoms with van der Waals surface area (Å²) in [7, 11) is 0. The van der Waals surface area contributed by atoms with Gasteiger partial charge in [-0.1, -0.05) is 12.1 Å². The van der Waals surface area contributed by atoms with Crippen molar-refractivity contribution < 1.29 is 5.11 Å². The van der Waals surface area contributed by atoms with Crippen molar-refractivity contribution in [1.82, 2.24) is 15.5 Å². The average molecular weight is 217 g/mol. The molecule has 0 saturated carbocycles. The molecule has 0 unspecified atom stereocenters. The van der Waals surface area contributed by atoms with Gasteiger partial charge in [0.05, 0.1) is 6.20 Å². The topological polar surface area (TPSA) is 60.9 Å². The van der Waals surface area contributed by atoms with Crippen LogP contribution in [0.5, 0.6) is 5.75 Å². The lowest BCUT2D eigenvalue weighted by Gasteiger charge is -2.04. The van der Waals surface area contributed by atoms with E-state index in [1.807, 2.05) is 25.3 Å². The number of hydrogen-bond acceptors (Lipinski definition) is 3. The zero-order chi connectivity index (χ0) is 11.4. The molecule has 2 aromatic rings. The molecule has 0 amide bonds. The van der Waals surface area contributed by atoms with Gasteiger partial charge in [0.1, 0.15) is 5.75 Å². The van der Waals surface area contributed by atoms with E-state index in [2.05, 4.69) is 15.5 Å². The van der Waals surface area contributed by atoms with Crippen molar-refractivity contribution in [3.63, 3.8) is 0 Å². The molecule has 4 nitrogen and oxygen atoms in total. The Kier molecular flexibility index (Phi) is 3.22. The summed E-state index contributed by atoms with van der Waals surface area (Å²) in [6, 6.07) is 7.20. The molecule has 0 saturated heterocycles. The number of H-pyrrole nitrogens is 1. The van der Waals surface area contributed by atoms with Crippen LogP contribution in [0.25, 0.3) is 0 Å². The summed E-state index contributed by atoms with van der Waals surface area (Å²) in [6.45, 7) is 3.58. The van der Waals surface area contributed by atoms with Gasteiger partial charge < -0.3 is 10.4 Å². The highest BCUT2D eigenvalue weighted by molar-refractivity contribution is 5.25. The third kappa shape index (κ3) is 2.61. The molecule has 1 aromatic carbocycles. The van der Waals surface area contributed by atoms with E-state index in [1.165, 1.54) is 5.56 Å². The number of phenols is 1. The normalized spacial score (nSPS) is 10.6. The summed E-state index contributed by atoms with van der Waals surface area (Å²) >= 11 is 0. The van der Waals surface area contributed by atoms with Crippen molar-refractivity contribution in [3.05, 3.63) is 47.3 Å². The van der Waals surface area contributed by atoms with Gasteiger partial charge >= 0.3 is 0 Å². The predicted octanol–water partition coefficient (Wildman–Crippen LogP) is 1.71. The van der Waals surface area contributed by atoms with E-state index in [0.717, 1.165) is 24.3 Å². The van der Waals surface area contributed by atoms with Crippen LogP contribution in [-0.4, -0.2) is 15.3 Å². The average Bonchev–Trinajstić information content (AvgIpc) is 2.68. The molecule has 0 aliphatic rings. The van der Waals surface area contributed by atoms with Gasteiger partial charge in [0.2, 0.25) is 0 Å². The number of nitrogens with one attached hydrogen (secondary N) is 2. The van der Waals surface area contributed by atoms with Crippen LogP contribution in [-0.2, 0) is 13.1 Å². The van der Waals surface area contributed by atoms with Gasteiger partial charge in [0.25, 0.3) is 0 Å². The van der Waals surface area contributed by atoms with Crippen LogP contribution in [0.1, 0.15) is 16.8 Å². The molecule has 1 heterocycles. The third-order valence-corrected chi connectivity index (χ3v) is 2.52. The van der Waals surface area contributed by atoms with Gasteiger partial charge in [-0.2, -0.15) is 5.10 Å². The van der Waals surface area contributed by atoms with Crippen LogP contribution in [0.3, 0.4) is 0 Å². The number of benzene rings is 1. The summed E-state index contributed by atoms with van der Waals surface area (Å²) < 4.78 is 0. The van der Waals surface area contributed by atoms with Crippen LogP contribution in [0.4, 0.5) is 0 Å². The van der Waals surface area contributed by atoms with Crippen LogP contribution < -0.4 is 5.32 Å². The van der Waals surface area contributed by atoms with E-state index in [9.17, 15) is 0 Å². The fraction of sp³-hybridized carbons (Fsp3) is 0.250. The highest BCUT2D eigenvalue weighted by Crippen LogP contribution is 2.09. The second kappa shape index (κ2) is 4.81. The van der Waals surface area contributed by atoms with Gasteiger partial charge in [-0.05, 0) is 24.6 Å². The first-order valence-corrected chi connectivity index (χ1v) is 5.23. The Morgan fingerprint density at radius 2 is 2.00 bits per heavy atom. The minimum Gasteiger partial charge on any atom is -0.508 e. The molecule has 0 bridgehead atoms. The van der Waals surface area contributed by atoms with Crippen LogP contribution >= 0.6 is 0 Å². The standard InChI is InChI=1S/C12H15N3O/c1-9-11(8-14-15-9)7-13-6-10-2-4-12(16)5-3-10/h2-5,8,13,16H,6-7H2,1H3,(H,14,15). The Morgan fingerprint density at radius 3 is 2.62 bits per heavy atom. The monoisotopic (exact) mass is 217 g/mol. The molecule has 3 N–H and O–H groups in total. The molecule has 84 valence electrons. The molecule has 0 aliphatic heterocycles. The van der Waals surface area contributed by atoms with Crippen molar-refractivity contribution in [2.45, 2.75) is 20.0 Å². The van der Waals surface area contributed by atoms with Crippen molar-refractivity contribution >= 4 is 0 Å². The van der Waals surface area contributed by atoms with Crippen LogP contribution in [0.2, 0.25) is 0 Å². The smallest absolute Gasteiger partial charge is 0.115 e. The van der Waals surface area contributed by atoms with Crippen LogP contribution in [0, 0.1) is 6.92 Å². The van der Waals surface area contributed by atoms with Gasteiger partial charge in [0, 0.05) is 24.3 Å². The number of aryl methyl sites for hydroxylation is 1. The molecule has 0 atom stereocenters. The number of rotatable bonds is 4. The zero-order valence-electron chi connectivity index (χ0n) is 9.20. The van der Waals surface area contributed by atoms with Gasteiger partial charge in [-0.3, -0.25) is 5.10 Å². The zero-order valence-corrected chi connectivity index (χ0v) is 9.20. The summed E-state index contributed by atoms with van der Waals surface area (Å²) in [5.41, 5.74) is 3.43. The molecule has 0 fully saturated rings. The number of hydrogen-bond donors (Lipinski definition) is 3. The number of aromatic hydroxyl groups is 1. The Morgan fingerprint density at radius 1 is 1.25 bits per heavy atom. The first-order valence-electron chi connectivity index (χ1n) is 5.23. The molecule has 16 heavy (non-hydrogen) atoms. The third-order valence-electron chi connectivity index (χ3n) is 2.52. The largest absolute Gasteiger partial charge is 0.508 e. The van der Waals surface area contributed by atoms with Crippen molar-refractivity contribution in [3.8, 4) is 5.75 Å². The molecule has 0 aliphatic carbocycles. The highest BCUT2D eigenvalue weighted by atomic mass is 16.3. The van der Waals surface area contributed by atoms with Crippen LogP contribution in [0.15, 0.2) is 30.5 Å². The Hall–Kier alpha value is -1.81. The molecule has 0 radical (unpaired) electrons. The predicted molar refractivity (Wildman–Crippen MR) is 62.0 cm³/mol. The maximum Gasteiger partial charge on any atom is 0.115 e. The van der Waals surface area contributed by atoms with Gasteiger partial charge in [-0.25, -0.2) is 0 Å².